The number of amides is 2. The Labute approximate surface area is 169 Å². The first-order valence-corrected chi connectivity index (χ1v) is 11.4. The standard InChI is InChI=1S/C17H27FN4O4S2/c1-21(2)28(25,26)19-9-16(23)20-15-8-14(18)10-22(11-15)17(24)5-3-4-13-6-7-27-12-13/h6-7,12,14-15,19H,3-5,8-11H2,1-2H3,(H,20,23)/t14-,15-/m1/s1. The summed E-state index contributed by atoms with van der Waals surface area (Å²) in [6.45, 7) is -0.191. The summed E-state index contributed by atoms with van der Waals surface area (Å²) in [5.41, 5.74) is 1.19. The molecule has 1 fully saturated rings. The van der Waals surface area contributed by atoms with Gasteiger partial charge in [0.25, 0.3) is 10.2 Å². The molecule has 0 aliphatic carbocycles. The van der Waals surface area contributed by atoms with Crippen molar-refractivity contribution >= 4 is 33.4 Å². The Balaban J connectivity index is 1.79. The van der Waals surface area contributed by atoms with Crippen LogP contribution in [0.3, 0.4) is 0 Å². The lowest BCUT2D eigenvalue weighted by Crippen LogP contribution is -2.54. The van der Waals surface area contributed by atoms with Crippen molar-refractivity contribution in [3.63, 3.8) is 0 Å². The van der Waals surface area contributed by atoms with E-state index in [1.165, 1.54) is 24.6 Å². The van der Waals surface area contributed by atoms with Crippen LogP contribution in [0.1, 0.15) is 24.8 Å². The fraction of sp³-hybridized carbons (Fsp3) is 0.647. The molecule has 2 atom stereocenters. The van der Waals surface area contributed by atoms with Crippen LogP contribution in [0.5, 0.6) is 0 Å². The van der Waals surface area contributed by atoms with E-state index < -0.39 is 34.9 Å². The summed E-state index contributed by atoms with van der Waals surface area (Å²) in [6, 6.07) is 1.48. The number of thiophene rings is 1. The summed E-state index contributed by atoms with van der Waals surface area (Å²) in [7, 11) is -1.03. The second-order valence-electron chi connectivity index (χ2n) is 6.99. The topological polar surface area (TPSA) is 98.8 Å². The predicted octanol–water partition coefficient (Wildman–Crippen LogP) is 0.522. The van der Waals surface area contributed by atoms with E-state index in [-0.39, 0.29) is 25.4 Å². The Hall–Kier alpha value is -1.56. The summed E-state index contributed by atoms with van der Waals surface area (Å²) in [5, 5.41) is 6.64. The van der Waals surface area contributed by atoms with Gasteiger partial charge in [0.1, 0.15) is 6.17 Å². The third-order valence-corrected chi connectivity index (χ3v) is 6.65. The van der Waals surface area contributed by atoms with Crippen molar-refractivity contribution < 1.29 is 22.4 Å². The molecule has 0 bridgehead atoms. The summed E-state index contributed by atoms with van der Waals surface area (Å²) in [6.07, 6.45) is 0.690. The minimum absolute atomic E-state index is 0.0247. The molecular weight excluding hydrogens is 407 g/mol. The van der Waals surface area contributed by atoms with Crippen molar-refractivity contribution in [1.29, 1.82) is 0 Å². The van der Waals surface area contributed by atoms with Crippen LogP contribution in [0.15, 0.2) is 16.8 Å². The lowest BCUT2D eigenvalue weighted by atomic mass is 10.0. The number of halogens is 1. The van der Waals surface area contributed by atoms with Gasteiger partial charge < -0.3 is 10.2 Å². The van der Waals surface area contributed by atoms with Gasteiger partial charge in [0, 0.05) is 39.5 Å². The van der Waals surface area contributed by atoms with Crippen LogP contribution in [-0.2, 0) is 26.2 Å². The molecule has 0 radical (unpaired) electrons. The molecule has 2 amide bonds. The fourth-order valence-corrected chi connectivity index (χ4v) is 4.22. The van der Waals surface area contributed by atoms with Gasteiger partial charge in [0.05, 0.1) is 13.1 Å². The van der Waals surface area contributed by atoms with Crippen LogP contribution in [-0.4, -0.2) is 75.4 Å². The van der Waals surface area contributed by atoms with E-state index in [4.69, 9.17) is 0 Å². The number of alkyl halides is 1. The van der Waals surface area contributed by atoms with E-state index in [0.29, 0.717) is 12.8 Å². The van der Waals surface area contributed by atoms with Crippen molar-refractivity contribution in [3.8, 4) is 0 Å². The lowest BCUT2D eigenvalue weighted by molar-refractivity contribution is -0.135. The Kier molecular flexibility index (Phi) is 8.35. The normalized spacial score (nSPS) is 20.4. The molecule has 1 aromatic heterocycles. The van der Waals surface area contributed by atoms with E-state index >= 15 is 0 Å². The number of piperidine rings is 1. The lowest BCUT2D eigenvalue weighted by Gasteiger charge is -2.35. The average molecular weight is 435 g/mol. The number of aryl methyl sites for hydroxylation is 1. The van der Waals surface area contributed by atoms with E-state index in [1.54, 1.807) is 11.3 Å². The molecular formula is C17H27FN4O4S2. The zero-order chi connectivity index (χ0) is 20.7. The molecule has 11 heteroatoms. The molecule has 8 nitrogen and oxygen atoms in total. The van der Waals surface area contributed by atoms with Crippen LogP contribution in [0, 0.1) is 0 Å². The highest BCUT2D eigenvalue weighted by Crippen LogP contribution is 2.16. The molecule has 1 saturated heterocycles. The number of carbonyl (C=O) groups is 2. The molecule has 0 aromatic carbocycles. The van der Waals surface area contributed by atoms with Gasteiger partial charge in [0.15, 0.2) is 0 Å². The highest BCUT2D eigenvalue weighted by atomic mass is 32.2. The Bertz CT molecular complexity index is 755. The molecule has 158 valence electrons. The van der Waals surface area contributed by atoms with Gasteiger partial charge in [-0.05, 0) is 35.2 Å². The number of hydrogen-bond donors (Lipinski definition) is 2. The van der Waals surface area contributed by atoms with Gasteiger partial charge in [0.2, 0.25) is 11.8 Å². The van der Waals surface area contributed by atoms with Crippen molar-refractivity contribution in [1.82, 2.24) is 19.2 Å². The van der Waals surface area contributed by atoms with E-state index in [0.717, 1.165) is 10.7 Å². The molecule has 0 spiro atoms. The number of hydrogen-bond acceptors (Lipinski definition) is 5. The molecule has 0 unspecified atom stereocenters. The van der Waals surface area contributed by atoms with Gasteiger partial charge in [-0.2, -0.15) is 28.8 Å². The number of nitrogens with one attached hydrogen (secondary N) is 2. The van der Waals surface area contributed by atoms with Gasteiger partial charge >= 0.3 is 0 Å². The molecule has 2 heterocycles. The van der Waals surface area contributed by atoms with E-state index in [1.807, 2.05) is 16.8 Å². The van der Waals surface area contributed by atoms with Crippen molar-refractivity contribution in [2.24, 2.45) is 0 Å². The summed E-state index contributed by atoms with van der Waals surface area (Å²) >= 11 is 1.61. The Morgan fingerprint density at radius 2 is 2.11 bits per heavy atom. The van der Waals surface area contributed by atoms with Gasteiger partial charge in [-0.3, -0.25) is 9.59 Å². The second-order valence-corrected chi connectivity index (χ2v) is 9.74. The highest BCUT2D eigenvalue weighted by Gasteiger charge is 2.30. The van der Waals surface area contributed by atoms with Crippen molar-refractivity contribution in [2.45, 2.75) is 37.9 Å². The number of nitrogens with zero attached hydrogens (tertiary/aromatic N) is 2. The zero-order valence-electron chi connectivity index (χ0n) is 16.1. The summed E-state index contributed by atoms with van der Waals surface area (Å²) in [4.78, 5) is 25.8. The third kappa shape index (κ3) is 7.12. The minimum Gasteiger partial charge on any atom is -0.350 e. The van der Waals surface area contributed by atoms with Crippen molar-refractivity contribution in [2.75, 3.05) is 33.7 Å². The molecule has 28 heavy (non-hydrogen) atoms. The smallest absolute Gasteiger partial charge is 0.279 e. The predicted molar refractivity (Wildman–Crippen MR) is 106 cm³/mol. The molecule has 1 aliphatic heterocycles. The molecule has 1 aromatic rings. The molecule has 2 N–H and O–H groups in total. The molecule has 0 saturated carbocycles. The molecule has 2 rings (SSSR count). The largest absolute Gasteiger partial charge is 0.350 e. The second kappa shape index (κ2) is 10.3. The first kappa shape index (κ1) is 22.7. The first-order chi connectivity index (χ1) is 13.2. The van der Waals surface area contributed by atoms with Crippen LogP contribution in [0.25, 0.3) is 0 Å². The Morgan fingerprint density at radius 1 is 1.36 bits per heavy atom. The summed E-state index contributed by atoms with van der Waals surface area (Å²) < 4.78 is 40.4. The first-order valence-electron chi connectivity index (χ1n) is 9.06. The number of likely N-dealkylation sites (tertiary alicyclic amines) is 1. The highest BCUT2D eigenvalue weighted by molar-refractivity contribution is 7.87. The van der Waals surface area contributed by atoms with E-state index in [9.17, 15) is 22.4 Å². The maximum Gasteiger partial charge on any atom is 0.279 e. The molecule has 1 aliphatic rings. The minimum atomic E-state index is -3.71. The monoisotopic (exact) mass is 434 g/mol. The maximum absolute atomic E-state index is 14.1. The van der Waals surface area contributed by atoms with Crippen LogP contribution in [0.2, 0.25) is 0 Å². The maximum atomic E-state index is 14.1. The van der Waals surface area contributed by atoms with Crippen LogP contribution in [0.4, 0.5) is 4.39 Å². The average Bonchev–Trinajstić information content (AvgIpc) is 3.12. The van der Waals surface area contributed by atoms with Crippen LogP contribution < -0.4 is 10.0 Å². The third-order valence-electron chi connectivity index (χ3n) is 4.45. The SMILES string of the molecule is CN(C)S(=O)(=O)NCC(=O)N[C@@H]1C[C@@H](F)CN(C(=O)CCCc2ccsc2)C1. The van der Waals surface area contributed by atoms with E-state index in [2.05, 4.69) is 10.0 Å². The summed E-state index contributed by atoms with van der Waals surface area (Å²) in [5.74, 6) is -0.695. The zero-order valence-corrected chi connectivity index (χ0v) is 17.7. The Morgan fingerprint density at radius 3 is 2.75 bits per heavy atom. The van der Waals surface area contributed by atoms with Crippen molar-refractivity contribution in [3.05, 3.63) is 22.4 Å². The quantitative estimate of drug-likeness (QED) is 0.592. The van der Waals surface area contributed by atoms with Gasteiger partial charge in [-0.1, -0.05) is 0 Å². The van der Waals surface area contributed by atoms with Gasteiger partial charge in [-0.15, -0.1) is 0 Å². The van der Waals surface area contributed by atoms with Crippen LogP contribution >= 0.6 is 11.3 Å². The van der Waals surface area contributed by atoms with Gasteiger partial charge in [-0.25, -0.2) is 4.39 Å². The number of rotatable bonds is 9. The fourth-order valence-electron chi connectivity index (χ4n) is 2.95. The number of carbonyl (C=O) groups excluding carboxylic acids is 2.